The zero-order chi connectivity index (χ0) is 21.1. The van der Waals surface area contributed by atoms with E-state index in [4.69, 9.17) is 11.6 Å². The molecule has 2 aromatic heterocycles. The van der Waals surface area contributed by atoms with Crippen LogP contribution in [0.3, 0.4) is 0 Å². The van der Waals surface area contributed by atoms with Crippen LogP contribution in [0.2, 0.25) is 5.02 Å². The first kappa shape index (κ1) is 20.6. The van der Waals surface area contributed by atoms with Gasteiger partial charge in [0.05, 0.1) is 10.7 Å². The Labute approximate surface area is 188 Å². The molecule has 1 N–H and O–H groups in total. The number of hydrogen-bond acceptors (Lipinski definition) is 5. The quantitative estimate of drug-likeness (QED) is 0.359. The fourth-order valence-electron chi connectivity index (χ4n) is 2.96. The Morgan fingerprint density at radius 2 is 1.77 bits per heavy atom. The summed E-state index contributed by atoms with van der Waals surface area (Å²) in [4.78, 5) is 23.1. The average molecular weight is 452 g/mol. The Hall–Kier alpha value is -2.67. The van der Waals surface area contributed by atoms with Gasteiger partial charge in [0.25, 0.3) is 5.91 Å². The van der Waals surface area contributed by atoms with Crippen molar-refractivity contribution in [3.8, 4) is 11.3 Å². The number of amides is 1. The van der Waals surface area contributed by atoms with Crippen LogP contribution in [0.4, 0.5) is 5.13 Å². The number of halogens is 1. The molecule has 0 saturated heterocycles. The number of pyridine rings is 1. The molecule has 0 unspecified atom stereocenters. The van der Waals surface area contributed by atoms with Gasteiger partial charge in [-0.05, 0) is 55.8 Å². The van der Waals surface area contributed by atoms with Gasteiger partial charge in [-0.25, -0.2) is 4.98 Å². The van der Waals surface area contributed by atoms with Crippen LogP contribution in [0, 0.1) is 13.8 Å². The monoisotopic (exact) mass is 451 g/mol. The number of carbonyl (C=O) groups excluding carboxylic acids is 1. The van der Waals surface area contributed by atoms with Crippen molar-refractivity contribution in [1.82, 2.24) is 9.97 Å². The van der Waals surface area contributed by atoms with E-state index < -0.39 is 0 Å². The number of aryl methyl sites for hydroxylation is 2. The van der Waals surface area contributed by atoms with Gasteiger partial charge < -0.3 is 0 Å². The maximum atomic E-state index is 12.3. The highest BCUT2D eigenvalue weighted by atomic mass is 35.5. The fraction of sp³-hybridized carbons (Fsp3) is 0.0870. The van der Waals surface area contributed by atoms with Gasteiger partial charge >= 0.3 is 0 Å². The van der Waals surface area contributed by atoms with Gasteiger partial charge in [0, 0.05) is 38.7 Å². The van der Waals surface area contributed by atoms with E-state index >= 15 is 0 Å². The van der Waals surface area contributed by atoms with Crippen LogP contribution in [0.5, 0.6) is 0 Å². The summed E-state index contributed by atoms with van der Waals surface area (Å²) < 4.78 is 0. The van der Waals surface area contributed by atoms with Gasteiger partial charge in [0.1, 0.15) is 0 Å². The van der Waals surface area contributed by atoms with Crippen molar-refractivity contribution < 1.29 is 4.79 Å². The average Bonchev–Trinajstić information content (AvgIpc) is 3.18. The van der Waals surface area contributed by atoms with E-state index in [1.165, 1.54) is 21.8 Å². The molecule has 7 heteroatoms. The van der Waals surface area contributed by atoms with E-state index in [0.717, 1.165) is 21.7 Å². The van der Waals surface area contributed by atoms with Crippen LogP contribution in [-0.4, -0.2) is 15.9 Å². The van der Waals surface area contributed by atoms with Gasteiger partial charge in [-0.1, -0.05) is 41.1 Å². The number of aromatic nitrogens is 2. The Morgan fingerprint density at radius 1 is 1.03 bits per heavy atom. The first-order valence-corrected chi connectivity index (χ1v) is 11.3. The molecule has 4 aromatic rings. The summed E-state index contributed by atoms with van der Waals surface area (Å²) in [5.74, 6) is -0.217. The molecule has 2 aromatic carbocycles. The van der Waals surface area contributed by atoms with E-state index in [-0.39, 0.29) is 5.91 Å². The molecule has 4 nitrogen and oxygen atoms in total. The predicted octanol–water partition coefficient (Wildman–Crippen LogP) is 6.88. The number of nitrogens with one attached hydrogen (secondary N) is 1. The lowest BCUT2D eigenvalue weighted by atomic mass is 10.1. The van der Waals surface area contributed by atoms with Gasteiger partial charge in [0.2, 0.25) is 0 Å². The Bertz CT molecular complexity index is 1170. The summed E-state index contributed by atoms with van der Waals surface area (Å²) in [5.41, 5.74) is 4.44. The second-order valence-electron chi connectivity index (χ2n) is 6.74. The second-order valence-corrected chi connectivity index (χ2v) is 9.15. The molecule has 0 fully saturated rings. The van der Waals surface area contributed by atoms with Crippen molar-refractivity contribution in [3.63, 3.8) is 0 Å². The van der Waals surface area contributed by atoms with Crippen LogP contribution >= 0.6 is 34.7 Å². The van der Waals surface area contributed by atoms with Gasteiger partial charge in [0.15, 0.2) is 5.13 Å². The third-order valence-corrected chi connectivity index (χ3v) is 6.48. The standard InChI is InChI=1S/C23H18ClN3OS2/c1-14-3-5-17(6-4-14)30-18-11-15(2)21(19(24)12-18)20-13-29-23(26-20)27-22(28)16-7-9-25-10-8-16/h3-13H,1-2H3,(H,26,27,28). The maximum Gasteiger partial charge on any atom is 0.257 e. The van der Waals surface area contributed by atoms with Crippen molar-refractivity contribution in [2.24, 2.45) is 0 Å². The summed E-state index contributed by atoms with van der Waals surface area (Å²) >= 11 is 9.67. The molecule has 150 valence electrons. The number of carbonyl (C=O) groups is 1. The molecule has 30 heavy (non-hydrogen) atoms. The van der Waals surface area contributed by atoms with E-state index in [0.29, 0.717) is 15.7 Å². The smallest absolute Gasteiger partial charge is 0.257 e. The number of anilines is 1. The van der Waals surface area contributed by atoms with Crippen molar-refractivity contribution in [2.75, 3.05) is 5.32 Å². The minimum atomic E-state index is -0.217. The summed E-state index contributed by atoms with van der Waals surface area (Å²) in [6.07, 6.45) is 3.17. The van der Waals surface area contributed by atoms with Crippen LogP contribution < -0.4 is 5.32 Å². The van der Waals surface area contributed by atoms with E-state index in [2.05, 4.69) is 52.5 Å². The minimum absolute atomic E-state index is 0.217. The van der Waals surface area contributed by atoms with Crippen molar-refractivity contribution in [2.45, 2.75) is 23.6 Å². The first-order chi connectivity index (χ1) is 14.5. The van der Waals surface area contributed by atoms with Crippen molar-refractivity contribution >= 4 is 45.7 Å². The number of rotatable bonds is 5. The van der Waals surface area contributed by atoms with Crippen LogP contribution in [0.15, 0.2) is 76.1 Å². The lowest BCUT2D eigenvalue weighted by Crippen LogP contribution is -2.11. The van der Waals surface area contributed by atoms with E-state index in [9.17, 15) is 4.79 Å². The molecule has 0 aliphatic rings. The number of nitrogens with zero attached hydrogens (tertiary/aromatic N) is 2. The molecule has 0 bridgehead atoms. The Balaban J connectivity index is 1.54. The molecule has 0 aliphatic heterocycles. The van der Waals surface area contributed by atoms with E-state index in [1.807, 2.05) is 18.4 Å². The molecule has 0 aliphatic carbocycles. The van der Waals surface area contributed by atoms with Crippen molar-refractivity contribution in [3.05, 3.63) is 88.0 Å². The zero-order valence-electron chi connectivity index (χ0n) is 16.3. The van der Waals surface area contributed by atoms with Crippen LogP contribution in [-0.2, 0) is 0 Å². The van der Waals surface area contributed by atoms with Crippen LogP contribution in [0.1, 0.15) is 21.5 Å². The number of thiazole rings is 1. The van der Waals surface area contributed by atoms with Crippen LogP contribution in [0.25, 0.3) is 11.3 Å². The molecule has 0 radical (unpaired) electrons. The number of benzene rings is 2. The Morgan fingerprint density at radius 3 is 2.47 bits per heavy atom. The highest BCUT2D eigenvalue weighted by molar-refractivity contribution is 7.99. The Kier molecular flexibility index (Phi) is 6.18. The van der Waals surface area contributed by atoms with Gasteiger partial charge in [-0.15, -0.1) is 11.3 Å². The topological polar surface area (TPSA) is 54.9 Å². The lowest BCUT2D eigenvalue weighted by Gasteiger charge is -2.10. The highest BCUT2D eigenvalue weighted by Crippen LogP contribution is 2.38. The minimum Gasteiger partial charge on any atom is -0.298 e. The zero-order valence-corrected chi connectivity index (χ0v) is 18.7. The summed E-state index contributed by atoms with van der Waals surface area (Å²) in [5, 5.41) is 5.90. The normalized spacial score (nSPS) is 10.8. The summed E-state index contributed by atoms with van der Waals surface area (Å²) in [6.45, 7) is 4.10. The highest BCUT2D eigenvalue weighted by Gasteiger charge is 2.15. The first-order valence-electron chi connectivity index (χ1n) is 9.21. The molecule has 4 rings (SSSR count). The second kappa shape index (κ2) is 9.00. The summed E-state index contributed by atoms with van der Waals surface area (Å²) in [7, 11) is 0. The van der Waals surface area contributed by atoms with E-state index in [1.54, 1.807) is 36.3 Å². The molecular weight excluding hydrogens is 434 g/mol. The lowest BCUT2D eigenvalue weighted by molar-refractivity contribution is 0.102. The van der Waals surface area contributed by atoms with Crippen molar-refractivity contribution in [1.29, 1.82) is 0 Å². The SMILES string of the molecule is Cc1ccc(Sc2cc(C)c(-c3csc(NC(=O)c4ccncc4)n3)c(Cl)c2)cc1. The predicted molar refractivity (Wildman–Crippen MR) is 125 cm³/mol. The van der Waals surface area contributed by atoms with Gasteiger partial charge in [-0.3, -0.25) is 15.1 Å². The molecular formula is C23H18ClN3OS2. The fourth-order valence-corrected chi connectivity index (χ4v) is 5.04. The largest absolute Gasteiger partial charge is 0.298 e. The molecule has 2 heterocycles. The molecule has 0 atom stereocenters. The van der Waals surface area contributed by atoms with Gasteiger partial charge in [-0.2, -0.15) is 0 Å². The number of hydrogen-bond donors (Lipinski definition) is 1. The molecule has 1 amide bonds. The molecule has 0 spiro atoms. The summed E-state index contributed by atoms with van der Waals surface area (Å²) in [6, 6.07) is 15.8. The third kappa shape index (κ3) is 4.73. The molecule has 0 saturated carbocycles. The maximum absolute atomic E-state index is 12.3. The third-order valence-electron chi connectivity index (χ3n) is 4.44.